The number of thioether (sulfide) groups is 1. The number of hydrogen-bond acceptors (Lipinski definition) is 22. The Balaban J connectivity index is 1.19. The van der Waals surface area contributed by atoms with Gasteiger partial charge in [0.1, 0.15) is 78.2 Å². The van der Waals surface area contributed by atoms with Crippen LogP contribution in [0.25, 0.3) is 21.8 Å². The normalized spacial score (nSPS) is 24.6. The van der Waals surface area contributed by atoms with Crippen LogP contribution < -0.4 is 75.7 Å². The van der Waals surface area contributed by atoms with E-state index in [0.717, 1.165) is 31.4 Å². The van der Waals surface area contributed by atoms with Gasteiger partial charge in [-0.3, -0.25) is 87.4 Å². The number of likely N-dealkylation sites (N-methyl/N-ethyl adjacent to an activating group) is 4. The molecule has 133 heavy (non-hydrogen) atoms. The summed E-state index contributed by atoms with van der Waals surface area (Å²) in [5.41, 5.74) is 18.4. The van der Waals surface area contributed by atoms with Crippen molar-refractivity contribution in [1.29, 1.82) is 5.41 Å². The average molecular weight is 1870 g/mol. The van der Waals surface area contributed by atoms with Crippen molar-refractivity contribution in [3.8, 4) is 0 Å². The van der Waals surface area contributed by atoms with Gasteiger partial charge in [0, 0.05) is 112 Å². The second-order valence-corrected chi connectivity index (χ2v) is 35.5. The van der Waals surface area contributed by atoms with Gasteiger partial charge in [0.05, 0.1) is 44.2 Å². The van der Waals surface area contributed by atoms with Gasteiger partial charge in [-0.2, -0.15) is 0 Å². The van der Waals surface area contributed by atoms with Crippen LogP contribution in [0.4, 0.5) is 0 Å². The lowest BCUT2D eigenvalue weighted by Gasteiger charge is -2.37. The van der Waals surface area contributed by atoms with E-state index in [4.69, 9.17) is 22.6 Å². The number of unbranched alkanes of at least 4 members (excludes halogenated alkanes) is 2. The molecule has 14 atom stereocenters. The van der Waals surface area contributed by atoms with E-state index in [1.807, 2.05) is 13.8 Å². The summed E-state index contributed by atoms with van der Waals surface area (Å²) in [6.45, 7) is 7.61. The number of primary amides is 2. The summed E-state index contributed by atoms with van der Waals surface area (Å²) in [4.78, 5) is 254. The first-order valence-corrected chi connectivity index (χ1v) is 45.9. The maximum Gasteiger partial charge on any atom is 0.246 e. The number of aliphatic hydroxyl groups is 2. The second kappa shape index (κ2) is 50.6. The van der Waals surface area contributed by atoms with E-state index in [-0.39, 0.29) is 89.6 Å². The Morgan fingerprint density at radius 3 is 1.74 bits per heavy atom. The number of rotatable bonds is 26. The van der Waals surface area contributed by atoms with Crippen molar-refractivity contribution < 1.29 is 86.9 Å². The second-order valence-electron chi connectivity index (χ2n) is 34.4. The van der Waals surface area contributed by atoms with Crippen molar-refractivity contribution in [3.63, 3.8) is 0 Å². The van der Waals surface area contributed by atoms with Crippen LogP contribution in [0, 0.1) is 11.3 Å². The number of amides is 16. The summed E-state index contributed by atoms with van der Waals surface area (Å²) >= 11 is 0.797. The maximum atomic E-state index is 15.7. The van der Waals surface area contributed by atoms with Gasteiger partial charge in [0.2, 0.25) is 94.5 Å². The molecule has 8 rings (SSSR count). The molecular weight excluding hydrogens is 1740 g/mol. The third-order valence-electron chi connectivity index (χ3n) is 23.8. The summed E-state index contributed by atoms with van der Waals surface area (Å²) in [5.74, 6) is -16.0. The monoisotopic (exact) mass is 1870 g/mol. The van der Waals surface area contributed by atoms with Gasteiger partial charge >= 0.3 is 0 Å². The number of β-amino-alcohol motifs (C(OH)–C–C–N with tert-alkyl or cyclic N) is 1. The van der Waals surface area contributed by atoms with Gasteiger partial charge in [0.15, 0.2) is 5.96 Å². The molecule has 3 aromatic heterocycles. The molecule has 0 saturated carbocycles. The predicted molar refractivity (Wildman–Crippen MR) is 495 cm³/mol. The van der Waals surface area contributed by atoms with Gasteiger partial charge in [-0.25, -0.2) is 4.98 Å². The smallest absolute Gasteiger partial charge is 0.246 e. The summed E-state index contributed by atoms with van der Waals surface area (Å²) in [6.07, 6.45) is 4.39. The number of hydrogen-bond donors (Lipinski definition) is 20. The zero-order chi connectivity index (χ0) is 97.5. The van der Waals surface area contributed by atoms with Gasteiger partial charge in [-0.15, -0.1) is 11.8 Å². The number of H-pyrrole nitrogens is 3. The molecule has 0 bridgehead atoms. The molecule has 0 radical (unpaired) electrons. The van der Waals surface area contributed by atoms with E-state index in [0.29, 0.717) is 69.9 Å². The highest BCUT2D eigenvalue weighted by Gasteiger charge is 2.50. The number of aromatic amines is 3. The van der Waals surface area contributed by atoms with E-state index < -0.39 is 222 Å². The van der Waals surface area contributed by atoms with Crippen LogP contribution in [0.1, 0.15) is 141 Å². The van der Waals surface area contributed by atoms with E-state index in [2.05, 4.69) is 78.4 Å². The molecule has 1 unspecified atom stereocenters. The first-order valence-electron chi connectivity index (χ1n) is 44.7. The van der Waals surface area contributed by atoms with Gasteiger partial charge < -0.3 is 120 Å². The van der Waals surface area contributed by atoms with E-state index >= 15 is 38.4 Å². The van der Waals surface area contributed by atoms with Crippen molar-refractivity contribution in [3.05, 3.63) is 126 Å². The summed E-state index contributed by atoms with van der Waals surface area (Å²) in [6, 6.07) is 4.52. The van der Waals surface area contributed by atoms with Crippen LogP contribution in [-0.4, -0.2) is 312 Å². The predicted octanol–water partition coefficient (Wildman–Crippen LogP) is -1.96. The Morgan fingerprint density at radius 2 is 1.14 bits per heavy atom. The lowest BCUT2D eigenvalue weighted by molar-refractivity contribution is -0.149. The maximum absolute atomic E-state index is 15.7. The third kappa shape index (κ3) is 30.0. The SMILES string of the molecule is CCCC[C@H]1C(=O)N(C)[C@@H](CCCC)C(=O)N[C@@H](CCCNC(=N)N)C(=O)N[C@H](C(=O)NCC(N)=O)CSCC(=O)N[C@@H](Cc2ccccc2)C(=O)N(C)[C@@H](C)C(=O)N[C@@H](CC(N)=O)C(=O)N2CCC[C@@]2(C)C(=O)N[C@@H](Cc2cnc[nH]2)C(=O)N[C@@H](CC(C)C)C(=O)N(C)CC(O)N[C@@H](Cc2c[nH]c3ccccc23)C(=O)N[C@@H](CO)C(=O)N[C@@H](Cc2c[nH]c3ccccc23)C(=O)N1C. The first-order chi connectivity index (χ1) is 63.3. The quantitative estimate of drug-likeness (QED) is 0.0159. The van der Waals surface area contributed by atoms with Gasteiger partial charge in [-0.1, -0.05) is 120 Å². The van der Waals surface area contributed by atoms with Crippen molar-refractivity contribution >= 4 is 134 Å². The number of fused-ring (bicyclic) bond motifs is 3. The zero-order valence-electron chi connectivity index (χ0n) is 76.9. The zero-order valence-corrected chi connectivity index (χ0v) is 77.7. The van der Waals surface area contributed by atoms with Crippen LogP contribution in [-0.2, 0) is 102 Å². The van der Waals surface area contributed by atoms with E-state index in [1.54, 1.807) is 105 Å². The largest absolute Gasteiger partial charge is 0.394 e. The van der Waals surface area contributed by atoms with Crippen LogP contribution in [0.15, 0.2) is 104 Å². The van der Waals surface area contributed by atoms with Crippen LogP contribution in [0.5, 0.6) is 0 Å². The van der Waals surface area contributed by atoms with Crippen molar-refractivity contribution in [2.45, 2.75) is 229 Å². The number of nitrogens with two attached hydrogens (primary N) is 3. The molecule has 2 saturated heterocycles. The average Bonchev–Trinajstić information content (AvgIpc) is 1.64. The standard InChI is InChI=1S/C90H130N24O18S/c1-11-13-31-70-82(126)103-61(30-22-34-96-89(93)94)78(122)108-69(77(121)99-45-73(92)117)48-133-49-75(119)102-65(37-53-24-16-15-17-25-53)84(128)111(8)52(5)76(120)104-67(41-72(91)116)86(130)114-35-23-33-90(114,6)88(132)109-63(40-56-44-95-50-100-56)80(124)105-64(36-51(3)4)83(127)110(7)46-74(118)101-62(38-54-42-97-59-28-20-18-26-57(54)59)79(123)107-68(47-115)81(125)106-66(39-55-43-98-60-29-21-19-27-58(55)60)85(129)113(10)71(32-14-12-2)87(131)112(70)9/h15-21,24-29,42-44,50-52,61-71,74,97-98,101,115,118H,11-14,22-23,30-41,45-49H2,1-10H3,(H2,91,116)(H2,92,117)(H,95,100)(H,99,121)(H,102,119)(H,103,126)(H,104,120)(H,105,124)(H,106,125)(H,107,123)(H,108,122)(H,109,132)(H4,93,94,96)/t52-,61-,62-,63-,64-,65-,66-,67-,68-,69-,70-,71-,74?,90-/m0/s1. The molecule has 0 spiro atoms. The molecule has 0 aliphatic carbocycles. The van der Waals surface area contributed by atoms with E-state index in [1.165, 1.54) is 59.5 Å². The van der Waals surface area contributed by atoms with Crippen molar-refractivity contribution in [2.24, 2.45) is 23.1 Å². The minimum absolute atomic E-state index is 0.000324. The molecular formula is C90H130N24O18S. The Kier molecular flexibility index (Phi) is 40.0. The number of nitrogens with one attached hydrogen (secondary N) is 15. The van der Waals surface area contributed by atoms with Crippen molar-refractivity contribution in [1.82, 2.24) is 103 Å². The lowest BCUT2D eigenvalue weighted by atomic mass is 9.95. The molecule has 16 amide bonds. The van der Waals surface area contributed by atoms with Crippen molar-refractivity contribution in [2.75, 3.05) is 72.5 Å². The molecule has 3 aromatic carbocycles. The number of nitrogens with zero attached hydrogens (tertiary/aromatic N) is 6. The fraction of sp³-hybridized carbons (Fsp3) is 0.533. The minimum Gasteiger partial charge on any atom is -0.394 e. The number of carbonyl (C=O) groups is 16. The summed E-state index contributed by atoms with van der Waals surface area (Å²) in [5, 5.41) is 62.0. The molecule has 2 aliphatic rings. The Bertz CT molecular complexity index is 5050. The van der Waals surface area contributed by atoms with Gasteiger partial charge in [-0.05, 0) is 100.0 Å². The fourth-order valence-corrected chi connectivity index (χ4v) is 17.1. The van der Waals surface area contributed by atoms with E-state index in [9.17, 15) is 48.6 Å². The number of aliphatic hydroxyl groups excluding tert-OH is 2. The number of guanidine groups is 1. The molecule has 23 N–H and O–H groups in total. The molecule has 2 fully saturated rings. The minimum atomic E-state index is -1.82. The van der Waals surface area contributed by atoms with Gasteiger partial charge in [0.25, 0.3) is 0 Å². The number of benzene rings is 3. The molecule has 43 heteroatoms. The Morgan fingerprint density at radius 1 is 0.579 bits per heavy atom. The highest BCUT2D eigenvalue weighted by molar-refractivity contribution is 8.00. The van der Waals surface area contributed by atoms with Crippen LogP contribution >= 0.6 is 11.8 Å². The molecule has 5 heterocycles. The lowest BCUT2D eigenvalue weighted by Crippen LogP contribution is -2.64. The molecule has 724 valence electrons. The highest BCUT2D eigenvalue weighted by atomic mass is 32.2. The number of aromatic nitrogens is 4. The number of carbonyl (C=O) groups excluding carboxylic acids is 16. The Labute approximate surface area is 775 Å². The topological polar surface area (TPSA) is 624 Å². The summed E-state index contributed by atoms with van der Waals surface area (Å²) < 4.78 is 0. The Hall–Kier alpha value is -13.0. The number of imidazole rings is 1. The number of para-hydroxylation sites is 2. The van der Waals surface area contributed by atoms with Crippen LogP contribution in [0.3, 0.4) is 0 Å². The fourth-order valence-electron chi connectivity index (χ4n) is 16.2. The molecule has 2 aliphatic heterocycles. The van der Waals surface area contributed by atoms with Crippen LogP contribution in [0.2, 0.25) is 0 Å². The molecule has 42 nitrogen and oxygen atoms in total. The third-order valence-corrected chi connectivity index (χ3v) is 24.8. The summed E-state index contributed by atoms with van der Waals surface area (Å²) in [7, 11) is 5.33. The molecule has 6 aromatic rings. The highest BCUT2D eigenvalue weighted by Crippen LogP contribution is 2.32. The first kappa shape index (κ1) is 105.